The quantitative estimate of drug-likeness (QED) is 0.569. The number of carbonyl (C=O) groups is 1. The van der Waals surface area contributed by atoms with Crippen LogP contribution in [0.15, 0.2) is 0 Å². The number of nitrogens with one attached hydrogen (secondary N) is 1. The minimum atomic E-state index is -0.233. The molecule has 0 aromatic carbocycles. The molecular weight excluding hydrogens is 134 g/mol. The van der Waals surface area contributed by atoms with Crippen LogP contribution in [0.5, 0.6) is 0 Å². The Hall–Kier alpha value is -0.610. The molecule has 4 nitrogen and oxygen atoms in total. The van der Waals surface area contributed by atoms with Crippen molar-refractivity contribution in [1.82, 2.24) is 5.32 Å². The first kappa shape index (κ1) is 7.50. The van der Waals surface area contributed by atoms with Crippen molar-refractivity contribution in [1.29, 1.82) is 0 Å². The highest BCUT2D eigenvalue weighted by atomic mass is 16.7. The molecule has 0 aromatic heterocycles. The minimum absolute atomic E-state index is 0.0564. The van der Waals surface area contributed by atoms with E-state index in [1.165, 1.54) is 6.92 Å². The number of carbonyl (C=O) groups excluding carboxylic acids is 1. The van der Waals surface area contributed by atoms with E-state index in [2.05, 4.69) is 5.32 Å². The summed E-state index contributed by atoms with van der Waals surface area (Å²) >= 11 is 0. The van der Waals surface area contributed by atoms with Gasteiger partial charge in [0.25, 0.3) is 0 Å². The van der Waals surface area contributed by atoms with Crippen molar-refractivity contribution >= 4 is 5.91 Å². The lowest BCUT2D eigenvalue weighted by molar-refractivity contribution is -0.121. The zero-order chi connectivity index (χ0) is 7.40. The second-order valence-electron chi connectivity index (χ2n) is 2.11. The van der Waals surface area contributed by atoms with Gasteiger partial charge in [0.2, 0.25) is 5.91 Å². The molecule has 1 fully saturated rings. The molecule has 1 saturated heterocycles. The van der Waals surface area contributed by atoms with Crippen LogP contribution in [0, 0.1) is 0 Å². The number of hydrogen-bond acceptors (Lipinski definition) is 3. The van der Waals surface area contributed by atoms with E-state index in [0.717, 1.165) is 0 Å². The van der Waals surface area contributed by atoms with Crippen LogP contribution in [0.2, 0.25) is 0 Å². The molecule has 0 unspecified atom stereocenters. The van der Waals surface area contributed by atoms with Gasteiger partial charge < -0.3 is 14.8 Å². The summed E-state index contributed by atoms with van der Waals surface area (Å²) in [6.45, 7) is 3.18. The number of hydrogen-bond donors (Lipinski definition) is 1. The third-order valence-corrected chi connectivity index (χ3v) is 1.21. The second kappa shape index (κ2) is 3.53. The molecule has 0 aliphatic carbocycles. The van der Waals surface area contributed by atoms with Crippen LogP contribution in [-0.2, 0) is 14.3 Å². The first-order valence-corrected chi connectivity index (χ1v) is 3.26. The molecule has 58 valence electrons. The Morgan fingerprint density at radius 1 is 1.60 bits per heavy atom. The molecule has 0 spiro atoms. The van der Waals surface area contributed by atoms with E-state index in [1.807, 2.05) is 0 Å². The Labute approximate surface area is 59.5 Å². The second-order valence-corrected chi connectivity index (χ2v) is 2.11. The minimum Gasteiger partial charge on any atom is -0.351 e. The molecule has 0 saturated carbocycles. The van der Waals surface area contributed by atoms with E-state index in [9.17, 15) is 4.79 Å². The lowest BCUT2D eigenvalue weighted by Crippen LogP contribution is -2.30. The van der Waals surface area contributed by atoms with Gasteiger partial charge >= 0.3 is 0 Å². The van der Waals surface area contributed by atoms with Gasteiger partial charge in [-0.05, 0) is 0 Å². The zero-order valence-corrected chi connectivity index (χ0v) is 5.92. The first-order valence-electron chi connectivity index (χ1n) is 3.26. The van der Waals surface area contributed by atoms with Crippen molar-refractivity contribution in [2.24, 2.45) is 0 Å². The highest BCUT2D eigenvalue weighted by Crippen LogP contribution is 2.00. The van der Waals surface area contributed by atoms with Crippen molar-refractivity contribution in [2.75, 3.05) is 19.8 Å². The lowest BCUT2D eigenvalue weighted by atomic mass is 10.6. The van der Waals surface area contributed by atoms with E-state index < -0.39 is 0 Å². The van der Waals surface area contributed by atoms with Crippen LogP contribution in [-0.4, -0.2) is 32.0 Å². The summed E-state index contributed by atoms with van der Waals surface area (Å²) in [6, 6.07) is 0. The topological polar surface area (TPSA) is 47.6 Å². The molecule has 0 atom stereocenters. The van der Waals surface area contributed by atoms with Gasteiger partial charge in [0.05, 0.1) is 19.8 Å². The molecule has 4 heteroatoms. The maximum atomic E-state index is 10.4. The predicted molar refractivity (Wildman–Crippen MR) is 34.4 cm³/mol. The van der Waals surface area contributed by atoms with Gasteiger partial charge in [-0.25, -0.2) is 0 Å². The third-order valence-electron chi connectivity index (χ3n) is 1.21. The molecule has 0 aromatic rings. The maximum Gasteiger partial charge on any atom is 0.217 e. The Morgan fingerprint density at radius 3 is 2.70 bits per heavy atom. The van der Waals surface area contributed by atoms with Crippen molar-refractivity contribution < 1.29 is 14.3 Å². The van der Waals surface area contributed by atoms with E-state index in [-0.39, 0.29) is 12.2 Å². The molecule has 1 aliphatic rings. The number of rotatable bonds is 2. The molecule has 1 N–H and O–H groups in total. The van der Waals surface area contributed by atoms with Gasteiger partial charge in [0.1, 0.15) is 0 Å². The van der Waals surface area contributed by atoms with E-state index in [1.54, 1.807) is 0 Å². The van der Waals surface area contributed by atoms with Crippen LogP contribution in [0.3, 0.4) is 0 Å². The lowest BCUT2D eigenvalue weighted by Gasteiger charge is -2.07. The molecular formula is C6H11NO3. The zero-order valence-electron chi connectivity index (χ0n) is 5.92. The molecule has 1 heterocycles. The fourth-order valence-corrected chi connectivity index (χ4v) is 0.752. The van der Waals surface area contributed by atoms with Crippen LogP contribution in [0.1, 0.15) is 6.92 Å². The Balaban J connectivity index is 2.07. The highest BCUT2D eigenvalue weighted by Gasteiger charge is 2.14. The SMILES string of the molecule is CC(=O)NCC1OCCO1. The van der Waals surface area contributed by atoms with Gasteiger partial charge in [0.15, 0.2) is 6.29 Å². The first-order chi connectivity index (χ1) is 4.79. The summed E-state index contributed by atoms with van der Waals surface area (Å²) < 4.78 is 10.1. The summed E-state index contributed by atoms with van der Waals surface area (Å²) in [7, 11) is 0. The maximum absolute atomic E-state index is 10.4. The summed E-state index contributed by atoms with van der Waals surface area (Å²) in [5, 5.41) is 2.60. The van der Waals surface area contributed by atoms with Gasteiger partial charge in [-0.1, -0.05) is 0 Å². The van der Waals surface area contributed by atoms with Crippen molar-refractivity contribution in [3.8, 4) is 0 Å². The van der Waals surface area contributed by atoms with Crippen LogP contribution in [0.4, 0.5) is 0 Å². The number of amides is 1. The Bertz CT molecular complexity index is 120. The average Bonchev–Trinajstić information content (AvgIpc) is 2.34. The van der Waals surface area contributed by atoms with Gasteiger partial charge in [-0.2, -0.15) is 0 Å². The predicted octanol–water partition coefficient (Wildman–Crippen LogP) is -0.505. The highest BCUT2D eigenvalue weighted by molar-refractivity contribution is 5.72. The summed E-state index contributed by atoms with van der Waals surface area (Å²) in [5.41, 5.74) is 0. The normalized spacial score (nSPS) is 19.3. The van der Waals surface area contributed by atoms with Crippen molar-refractivity contribution in [3.63, 3.8) is 0 Å². The summed E-state index contributed by atoms with van der Waals surface area (Å²) in [4.78, 5) is 10.4. The van der Waals surface area contributed by atoms with Crippen molar-refractivity contribution in [2.45, 2.75) is 13.2 Å². The summed E-state index contributed by atoms with van der Waals surface area (Å²) in [6.07, 6.45) is -0.233. The Morgan fingerprint density at radius 2 is 2.20 bits per heavy atom. The molecule has 10 heavy (non-hydrogen) atoms. The van der Waals surface area contributed by atoms with Crippen molar-refractivity contribution in [3.05, 3.63) is 0 Å². The van der Waals surface area contributed by atoms with Crippen LogP contribution < -0.4 is 5.32 Å². The standard InChI is InChI=1S/C6H11NO3/c1-5(8)7-4-6-9-2-3-10-6/h6H,2-4H2,1H3,(H,7,8). The Kier molecular flexibility index (Phi) is 2.65. The van der Waals surface area contributed by atoms with Gasteiger partial charge in [-0.15, -0.1) is 0 Å². The van der Waals surface area contributed by atoms with Crippen LogP contribution >= 0.6 is 0 Å². The molecule has 0 radical (unpaired) electrons. The largest absolute Gasteiger partial charge is 0.351 e. The molecule has 1 amide bonds. The van der Waals surface area contributed by atoms with E-state index in [4.69, 9.17) is 9.47 Å². The van der Waals surface area contributed by atoms with E-state index >= 15 is 0 Å². The number of ether oxygens (including phenoxy) is 2. The molecule has 1 rings (SSSR count). The molecule has 1 aliphatic heterocycles. The van der Waals surface area contributed by atoms with Crippen LogP contribution in [0.25, 0.3) is 0 Å². The smallest absolute Gasteiger partial charge is 0.217 e. The van der Waals surface area contributed by atoms with Gasteiger partial charge in [0, 0.05) is 6.92 Å². The van der Waals surface area contributed by atoms with Gasteiger partial charge in [-0.3, -0.25) is 4.79 Å². The monoisotopic (exact) mass is 145 g/mol. The fourth-order valence-electron chi connectivity index (χ4n) is 0.752. The fraction of sp³-hybridized carbons (Fsp3) is 0.833. The third kappa shape index (κ3) is 2.33. The van der Waals surface area contributed by atoms with E-state index in [0.29, 0.717) is 19.8 Å². The summed E-state index contributed by atoms with van der Waals surface area (Å²) in [5.74, 6) is -0.0564. The molecule has 0 bridgehead atoms. The average molecular weight is 145 g/mol.